The van der Waals surface area contributed by atoms with Crippen LogP contribution >= 0.6 is 0 Å². The second kappa shape index (κ2) is 6.95. The van der Waals surface area contributed by atoms with Gasteiger partial charge in [0, 0.05) is 11.1 Å². The van der Waals surface area contributed by atoms with E-state index < -0.39 is 29.6 Å². The van der Waals surface area contributed by atoms with Crippen molar-refractivity contribution in [1.82, 2.24) is 5.06 Å². The molecule has 0 saturated carbocycles. The fourth-order valence-electron chi connectivity index (χ4n) is 3.69. The lowest BCUT2D eigenvalue weighted by Gasteiger charge is -2.52. The molecule has 1 aromatic rings. The summed E-state index contributed by atoms with van der Waals surface area (Å²) in [6.45, 7) is 9.28. The highest BCUT2D eigenvalue weighted by atomic mass is 19.4. The minimum atomic E-state index is -4.88. The van der Waals surface area contributed by atoms with Gasteiger partial charge in [-0.3, -0.25) is 4.84 Å². The molecule has 1 saturated heterocycles. The quantitative estimate of drug-likeness (QED) is 0.523. The minimum Gasteiger partial charge on any atom is -0.290 e. The van der Waals surface area contributed by atoms with Gasteiger partial charge in [-0.1, -0.05) is 0 Å². The first-order valence-electron chi connectivity index (χ1n) is 8.80. The van der Waals surface area contributed by atoms with Crippen molar-refractivity contribution in [3.05, 3.63) is 34.9 Å². The second-order valence-corrected chi connectivity index (χ2v) is 8.36. The van der Waals surface area contributed by atoms with E-state index in [0.717, 1.165) is 31.4 Å². The highest BCUT2D eigenvalue weighted by Gasteiger charge is 2.44. The highest BCUT2D eigenvalue weighted by molar-refractivity contribution is 5.34. The molecule has 1 heterocycles. The van der Waals surface area contributed by atoms with Crippen molar-refractivity contribution >= 4 is 0 Å². The van der Waals surface area contributed by atoms with Crippen LogP contribution in [0.15, 0.2) is 18.2 Å². The lowest BCUT2D eigenvalue weighted by Crippen LogP contribution is -2.58. The molecule has 1 unspecified atom stereocenters. The molecule has 27 heavy (non-hydrogen) atoms. The predicted octanol–water partition coefficient (Wildman–Crippen LogP) is 6.76. The van der Waals surface area contributed by atoms with E-state index in [9.17, 15) is 26.3 Å². The predicted molar refractivity (Wildman–Crippen MR) is 89.8 cm³/mol. The number of hydroxylamine groups is 2. The Kier molecular flexibility index (Phi) is 5.67. The number of piperidine rings is 1. The third-order valence-electron chi connectivity index (χ3n) is 5.02. The van der Waals surface area contributed by atoms with E-state index in [1.807, 2.05) is 27.7 Å². The van der Waals surface area contributed by atoms with Gasteiger partial charge in [-0.2, -0.15) is 31.4 Å². The van der Waals surface area contributed by atoms with Gasteiger partial charge < -0.3 is 0 Å². The number of nitrogens with zero attached hydrogens (tertiary/aromatic N) is 1. The smallest absolute Gasteiger partial charge is 0.290 e. The Hall–Kier alpha value is -1.28. The summed E-state index contributed by atoms with van der Waals surface area (Å²) in [5.41, 5.74) is -3.59. The molecule has 2 rings (SSSR count). The summed E-state index contributed by atoms with van der Waals surface area (Å²) in [6.07, 6.45) is -8.11. The van der Waals surface area contributed by atoms with Crippen molar-refractivity contribution in [2.24, 2.45) is 0 Å². The van der Waals surface area contributed by atoms with Crippen LogP contribution in [0.3, 0.4) is 0 Å². The van der Waals surface area contributed by atoms with Crippen LogP contribution in [0, 0.1) is 0 Å². The first-order valence-corrected chi connectivity index (χ1v) is 8.80. The van der Waals surface area contributed by atoms with E-state index in [1.54, 1.807) is 5.06 Å². The molecular formula is C19H25F6NO. The molecule has 1 aromatic carbocycles. The molecular weight excluding hydrogens is 372 g/mol. The van der Waals surface area contributed by atoms with E-state index in [0.29, 0.717) is 0 Å². The summed E-state index contributed by atoms with van der Waals surface area (Å²) in [7, 11) is 0. The standard InChI is InChI=1S/C19H25F6NO/c1-12(27-26-16(2,3)7-6-8-17(26,4)5)13-9-14(18(20,21)22)11-15(10-13)19(23,24)25/h9-12H,6-8H2,1-5H3. The number of hydrogen-bond donors (Lipinski definition) is 0. The maximum absolute atomic E-state index is 13.1. The lowest BCUT2D eigenvalue weighted by atomic mass is 9.82. The van der Waals surface area contributed by atoms with E-state index in [1.165, 1.54) is 6.92 Å². The van der Waals surface area contributed by atoms with E-state index in [2.05, 4.69) is 0 Å². The zero-order valence-electron chi connectivity index (χ0n) is 16.1. The van der Waals surface area contributed by atoms with Gasteiger partial charge in [0.25, 0.3) is 0 Å². The Bertz CT molecular complexity index is 630. The van der Waals surface area contributed by atoms with Gasteiger partial charge in [-0.15, -0.1) is 0 Å². The van der Waals surface area contributed by atoms with Crippen LogP contribution in [0.5, 0.6) is 0 Å². The Morgan fingerprint density at radius 1 is 0.852 bits per heavy atom. The van der Waals surface area contributed by atoms with Crippen LogP contribution in [-0.4, -0.2) is 16.1 Å². The van der Waals surface area contributed by atoms with E-state index >= 15 is 0 Å². The van der Waals surface area contributed by atoms with Gasteiger partial charge in [0.2, 0.25) is 0 Å². The molecule has 0 aromatic heterocycles. The molecule has 1 fully saturated rings. The van der Waals surface area contributed by atoms with Crippen molar-refractivity contribution in [2.45, 2.75) is 83.4 Å². The Balaban J connectivity index is 2.41. The van der Waals surface area contributed by atoms with E-state index in [4.69, 9.17) is 4.84 Å². The van der Waals surface area contributed by atoms with Gasteiger partial charge >= 0.3 is 12.4 Å². The maximum Gasteiger partial charge on any atom is 0.416 e. The van der Waals surface area contributed by atoms with Crippen LogP contribution in [0.4, 0.5) is 26.3 Å². The van der Waals surface area contributed by atoms with Crippen molar-refractivity contribution in [3.63, 3.8) is 0 Å². The molecule has 1 aliphatic rings. The topological polar surface area (TPSA) is 12.5 Å². The van der Waals surface area contributed by atoms with Gasteiger partial charge in [0.1, 0.15) is 6.10 Å². The third kappa shape index (κ3) is 4.96. The summed E-state index contributed by atoms with van der Waals surface area (Å²) in [4.78, 5) is 5.94. The normalized spacial score (nSPS) is 21.9. The van der Waals surface area contributed by atoms with Crippen molar-refractivity contribution in [3.8, 4) is 0 Å². The Morgan fingerprint density at radius 3 is 1.63 bits per heavy atom. The lowest BCUT2D eigenvalue weighted by molar-refractivity contribution is -0.304. The van der Waals surface area contributed by atoms with Crippen molar-refractivity contribution in [2.75, 3.05) is 0 Å². The van der Waals surface area contributed by atoms with Crippen LogP contribution in [-0.2, 0) is 17.2 Å². The largest absolute Gasteiger partial charge is 0.416 e. The third-order valence-corrected chi connectivity index (χ3v) is 5.02. The summed E-state index contributed by atoms with van der Waals surface area (Å²) in [5, 5.41) is 1.72. The van der Waals surface area contributed by atoms with Crippen LogP contribution < -0.4 is 0 Å². The fourth-order valence-corrected chi connectivity index (χ4v) is 3.69. The van der Waals surface area contributed by atoms with Crippen LogP contribution in [0.2, 0.25) is 0 Å². The van der Waals surface area contributed by atoms with Crippen molar-refractivity contribution in [1.29, 1.82) is 0 Å². The highest BCUT2D eigenvalue weighted by Crippen LogP contribution is 2.42. The molecule has 0 N–H and O–H groups in total. The Morgan fingerprint density at radius 2 is 1.26 bits per heavy atom. The first-order chi connectivity index (χ1) is 12.0. The van der Waals surface area contributed by atoms with Gasteiger partial charge in [-0.05, 0) is 77.6 Å². The zero-order chi connectivity index (χ0) is 20.8. The number of rotatable bonds is 3. The molecule has 2 nitrogen and oxygen atoms in total. The summed E-state index contributed by atoms with van der Waals surface area (Å²) in [6, 6.07) is 1.58. The van der Waals surface area contributed by atoms with Crippen LogP contribution in [0.25, 0.3) is 0 Å². The molecule has 0 aliphatic carbocycles. The summed E-state index contributed by atoms with van der Waals surface area (Å²) >= 11 is 0. The Labute approximate surface area is 155 Å². The number of hydrogen-bond acceptors (Lipinski definition) is 2. The molecule has 154 valence electrons. The summed E-state index contributed by atoms with van der Waals surface area (Å²) in [5.74, 6) is 0. The summed E-state index contributed by atoms with van der Waals surface area (Å²) < 4.78 is 78.5. The van der Waals surface area contributed by atoms with E-state index in [-0.39, 0.29) is 22.7 Å². The SMILES string of the molecule is CC(ON1C(C)(C)CCCC1(C)C)c1cc(C(F)(F)F)cc(C(F)(F)F)c1. The second-order valence-electron chi connectivity index (χ2n) is 8.36. The number of halogens is 6. The molecule has 1 atom stereocenters. The van der Waals surface area contributed by atoms with Gasteiger partial charge in [0.15, 0.2) is 0 Å². The first kappa shape index (κ1) is 22.0. The van der Waals surface area contributed by atoms with Crippen molar-refractivity contribution < 1.29 is 31.2 Å². The van der Waals surface area contributed by atoms with Gasteiger partial charge in [-0.25, -0.2) is 0 Å². The molecule has 1 aliphatic heterocycles. The zero-order valence-corrected chi connectivity index (χ0v) is 16.1. The molecule has 0 spiro atoms. The minimum absolute atomic E-state index is 0.130. The fraction of sp³-hybridized carbons (Fsp3) is 0.684. The average Bonchev–Trinajstić information content (AvgIpc) is 2.48. The molecule has 0 amide bonds. The van der Waals surface area contributed by atoms with Crippen LogP contribution in [0.1, 0.15) is 76.7 Å². The monoisotopic (exact) mass is 397 g/mol. The molecule has 0 bridgehead atoms. The number of benzene rings is 1. The number of alkyl halides is 6. The maximum atomic E-state index is 13.1. The average molecular weight is 397 g/mol. The molecule has 0 radical (unpaired) electrons. The van der Waals surface area contributed by atoms with Gasteiger partial charge in [0.05, 0.1) is 11.1 Å². The molecule has 8 heteroatoms.